The Labute approximate surface area is 163 Å². The Hall–Kier alpha value is -3.34. The average Bonchev–Trinajstić information content (AvgIpc) is 3.28. The van der Waals surface area contributed by atoms with Gasteiger partial charge in [0, 0.05) is 16.6 Å². The van der Waals surface area contributed by atoms with Crippen LogP contribution in [0, 0.1) is 13.8 Å². The minimum Gasteiger partial charge on any atom is -0.463 e. The molecule has 0 spiro atoms. The first kappa shape index (κ1) is 18.0. The minimum absolute atomic E-state index is 0.206. The predicted octanol–water partition coefficient (Wildman–Crippen LogP) is 6.08. The zero-order chi connectivity index (χ0) is 19.8. The molecule has 4 aromatic rings. The third-order valence-corrected chi connectivity index (χ3v) is 5.00. The number of fused-ring (bicyclic) bond motifs is 1. The van der Waals surface area contributed by atoms with Crippen molar-refractivity contribution < 1.29 is 13.7 Å². The molecule has 2 heterocycles. The molecule has 0 radical (unpaired) electrons. The summed E-state index contributed by atoms with van der Waals surface area (Å²) in [5, 5.41) is 7.84. The molecule has 1 N–H and O–H groups in total. The number of benzene rings is 2. The normalized spacial score (nSPS) is 11.3. The Morgan fingerprint density at radius 2 is 1.79 bits per heavy atom. The second-order valence-corrected chi connectivity index (χ2v) is 7.25. The van der Waals surface area contributed by atoms with E-state index in [2.05, 4.69) is 24.3 Å². The number of rotatable bonds is 4. The summed E-state index contributed by atoms with van der Waals surface area (Å²) >= 11 is 0. The molecule has 0 aliphatic heterocycles. The van der Waals surface area contributed by atoms with Crippen molar-refractivity contribution in [3.05, 3.63) is 71.3 Å². The maximum Gasteiger partial charge on any atom is 0.259 e. The fourth-order valence-corrected chi connectivity index (χ4v) is 3.48. The maximum atomic E-state index is 12.9. The predicted molar refractivity (Wildman–Crippen MR) is 110 cm³/mol. The van der Waals surface area contributed by atoms with E-state index < -0.39 is 0 Å². The van der Waals surface area contributed by atoms with Gasteiger partial charge in [-0.3, -0.25) is 4.79 Å². The summed E-state index contributed by atoms with van der Waals surface area (Å²) < 4.78 is 11.0. The van der Waals surface area contributed by atoms with Crippen LogP contribution in [0.15, 0.2) is 57.7 Å². The number of hydrogen-bond acceptors (Lipinski definition) is 4. The lowest BCUT2D eigenvalue weighted by Gasteiger charge is -2.10. The SMILES string of the molecule is Cc1noc(C)c1-c1ccc(C(=O)Nc2ccc(C(C)C)cc2)c2occc12. The monoisotopic (exact) mass is 374 g/mol. The van der Waals surface area contributed by atoms with E-state index in [4.69, 9.17) is 8.94 Å². The van der Waals surface area contributed by atoms with Crippen LogP contribution >= 0.6 is 0 Å². The lowest BCUT2D eigenvalue weighted by molar-refractivity contribution is 0.102. The van der Waals surface area contributed by atoms with Gasteiger partial charge in [-0.1, -0.05) is 37.2 Å². The Kier molecular flexibility index (Phi) is 4.51. The van der Waals surface area contributed by atoms with E-state index in [0.717, 1.165) is 33.7 Å². The first-order chi connectivity index (χ1) is 13.5. The van der Waals surface area contributed by atoms with Crippen molar-refractivity contribution in [2.24, 2.45) is 0 Å². The van der Waals surface area contributed by atoms with E-state index in [0.29, 0.717) is 17.1 Å². The highest BCUT2D eigenvalue weighted by Gasteiger charge is 2.20. The van der Waals surface area contributed by atoms with Crippen molar-refractivity contribution >= 4 is 22.6 Å². The van der Waals surface area contributed by atoms with Gasteiger partial charge in [0.1, 0.15) is 11.3 Å². The average molecular weight is 374 g/mol. The van der Waals surface area contributed by atoms with Gasteiger partial charge >= 0.3 is 0 Å². The van der Waals surface area contributed by atoms with E-state index in [1.54, 1.807) is 12.3 Å². The topological polar surface area (TPSA) is 68.3 Å². The number of hydrogen-bond donors (Lipinski definition) is 1. The fraction of sp³-hybridized carbons (Fsp3) is 0.217. The van der Waals surface area contributed by atoms with Gasteiger partial charge < -0.3 is 14.3 Å². The lowest BCUT2D eigenvalue weighted by atomic mass is 9.98. The molecule has 142 valence electrons. The van der Waals surface area contributed by atoms with E-state index in [1.165, 1.54) is 5.56 Å². The second-order valence-electron chi connectivity index (χ2n) is 7.25. The summed E-state index contributed by atoms with van der Waals surface area (Å²) in [5.74, 6) is 0.981. The molecule has 5 heteroatoms. The van der Waals surface area contributed by atoms with Gasteiger partial charge in [0.15, 0.2) is 0 Å². The number of carbonyl (C=O) groups excluding carboxylic acids is 1. The Balaban J connectivity index is 1.69. The summed E-state index contributed by atoms with van der Waals surface area (Å²) in [4.78, 5) is 12.9. The zero-order valence-corrected chi connectivity index (χ0v) is 16.4. The number of furan rings is 1. The van der Waals surface area contributed by atoms with Crippen molar-refractivity contribution in [2.45, 2.75) is 33.6 Å². The molecule has 2 aromatic carbocycles. The van der Waals surface area contributed by atoms with E-state index in [-0.39, 0.29) is 5.91 Å². The van der Waals surface area contributed by atoms with Crippen LogP contribution in [-0.4, -0.2) is 11.1 Å². The molecule has 5 nitrogen and oxygen atoms in total. The van der Waals surface area contributed by atoms with Crippen LogP contribution in [0.25, 0.3) is 22.1 Å². The molecule has 0 unspecified atom stereocenters. The molecule has 0 bridgehead atoms. The van der Waals surface area contributed by atoms with Crippen LogP contribution in [-0.2, 0) is 0 Å². The number of nitrogens with zero attached hydrogens (tertiary/aromatic N) is 1. The number of anilines is 1. The highest BCUT2D eigenvalue weighted by atomic mass is 16.5. The van der Waals surface area contributed by atoms with Gasteiger partial charge in [0.25, 0.3) is 5.91 Å². The summed E-state index contributed by atoms with van der Waals surface area (Å²) in [6.45, 7) is 8.06. The third-order valence-electron chi connectivity index (χ3n) is 5.00. The number of carbonyl (C=O) groups is 1. The Morgan fingerprint density at radius 1 is 1.04 bits per heavy atom. The van der Waals surface area contributed by atoms with E-state index in [9.17, 15) is 4.79 Å². The number of aromatic nitrogens is 1. The maximum absolute atomic E-state index is 12.9. The smallest absolute Gasteiger partial charge is 0.259 e. The van der Waals surface area contributed by atoms with Crippen molar-refractivity contribution in [3.63, 3.8) is 0 Å². The molecule has 0 saturated heterocycles. The standard InChI is InChI=1S/C23H22N2O3/c1-13(2)16-5-7-17(8-6-16)24-23(26)20-10-9-18(19-11-12-27-22(19)20)21-14(3)25-28-15(21)4/h5-13H,1-4H3,(H,24,26). The molecular weight excluding hydrogens is 352 g/mol. The molecule has 0 saturated carbocycles. The summed E-state index contributed by atoms with van der Waals surface area (Å²) in [7, 11) is 0. The molecule has 2 aromatic heterocycles. The first-order valence-corrected chi connectivity index (χ1v) is 9.30. The van der Waals surface area contributed by atoms with Crippen LogP contribution in [0.2, 0.25) is 0 Å². The molecular formula is C23H22N2O3. The molecule has 28 heavy (non-hydrogen) atoms. The van der Waals surface area contributed by atoms with Gasteiger partial charge in [-0.15, -0.1) is 0 Å². The van der Waals surface area contributed by atoms with Crippen LogP contribution in [0.5, 0.6) is 0 Å². The second kappa shape index (κ2) is 7.00. The van der Waals surface area contributed by atoms with Gasteiger partial charge in [-0.25, -0.2) is 0 Å². The fourth-order valence-electron chi connectivity index (χ4n) is 3.48. The highest BCUT2D eigenvalue weighted by Crippen LogP contribution is 2.35. The van der Waals surface area contributed by atoms with E-state index in [1.807, 2.05) is 50.2 Å². The van der Waals surface area contributed by atoms with Gasteiger partial charge in [0.05, 0.1) is 17.5 Å². The largest absolute Gasteiger partial charge is 0.463 e. The summed E-state index contributed by atoms with van der Waals surface area (Å²) in [6, 6.07) is 13.5. The minimum atomic E-state index is -0.206. The summed E-state index contributed by atoms with van der Waals surface area (Å²) in [6.07, 6.45) is 1.60. The van der Waals surface area contributed by atoms with Crippen molar-refractivity contribution in [2.75, 3.05) is 5.32 Å². The lowest BCUT2D eigenvalue weighted by Crippen LogP contribution is -2.12. The Morgan fingerprint density at radius 3 is 2.43 bits per heavy atom. The molecule has 0 atom stereocenters. The third kappa shape index (κ3) is 3.09. The van der Waals surface area contributed by atoms with Crippen molar-refractivity contribution in [3.8, 4) is 11.1 Å². The van der Waals surface area contributed by atoms with Crippen LogP contribution in [0.4, 0.5) is 5.69 Å². The van der Waals surface area contributed by atoms with Gasteiger partial charge in [-0.2, -0.15) is 0 Å². The molecule has 1 amide bonds. The molecule has 0 fully saturated rings. The van der Waals surface area contributed by atoms with Gasteiger partial charge in [-0.05, 0) is 55.2 Å². The highest BCUT2D eigenvalue weighted by molar-refractivity contribution is 6.13. The Bertz CT molecular complexity index is 1130. The molecule has 0 aliphatic rings. The number of amides is 1. The van der Waals surface area contributed by atoms with Gasteiger partial charge in [0.2, 0.25) is 0 Å². The molecule has 0 aliphatic carbocycles. The quantitative estimate of drug-likeness (QED) is 0.470. The van der Waals surface area contributed by atoms with E-state index >= 15 is 0 Å². The van der Waals surface area contributed by atoms with Crippen LogP contribution in [0.3, 0.4) is 0 Å². The van der Waals surface area contributed by atoms with Crippen LogP contribution in [0.1, 0.15) is 47.1 Å². The van der Waals surface area contributed by atoms with Crippen molar-refractivity contribution in [1.29, 1.82) is 0 Å². The number of aryl methyl sites for hydroxylation is 2. The zero-order valence-electron chi connectivity index (χ0n) is 16.4. The summed E-state index contributed by atoms with van der Waals surface area (Å²) in [5.41, 5.74) is 5.71. The molecule has 4 rings (SSSR count). The first-order valence-electron chi connectivity index (χ1n) is 9.30. The van der Waals surface area contributed by atoms with Crippen LogP contribution < -0.4 is 5.32 Å². The van der Waals surface area contributed by atoms with Crippen molar-refractivity contribution in [1.82, 2.24) is 5.16 Å². The number of nitrogens with one attached hydrogen (secondary N) is 1.